The summed E-state index contributed by atoms with van der Waals surface area (Å²) in [6, 6.07) is 18.1. The van der Waals surface area contributed by atoms with Gasteiger partial charge in [0, 0.05) is 30.1 Å². The first-order valence-corrected chi connectivity index (χ1v) is 15.9. The Bertz CT molecular complexity index is 1160. The van der Waals surface area contributed by atoms with Crippen molar-refractivity contribution < 1.29 is 14.7 Å². The number of aryl methyl sites for hydroxylation is 2. The number of fused-ring (bicyclic) bond motifs is 2. The molecule has 1 aliphatic heterocycles. The zero-order chi connectivity index (χ0) is 30.3. The highest BCUT2D eigenvalue weighted by atomic mass is 16.3. The predicted octanol–water partition coefficient (Wildman–Crippen LogP) is 4.13. The van der Waals surface area contributed by atoms with Crippen LogP contribution in [0.2, 0.25) is 0 Å². The lowest BCUT2D eigenvalue weighted by Gasteiger charge is -2.52. The van der Waals surface area contributed by atoms with Gasteiger partial charge < -0.3 is 21.9 Å². The number of hydrogen-bond acceptors (Lipinski definition) is 5. The van der Waals surface area contributed by atoms with Crippen molar-refractivity contribution >= 4 is 11.8 Å². The molecule has 0 unspecified atom stereocenters. The Morgan fingerprint density at radius 3 is 2.29 bits per heavy atom. The second kappa shape index (κ2) is 14.2. The molecule has 7 heteroatoms. The summed E-state index contributed by atoms with van der Waals surface area (Å²) in [4.78, 5) is 27.4. The zero-order valence-corrected chi connectivity index (χ0v) is 25.9. The first-order valence-electron chi connectivity index (χ1n) is 15.9. The molecular weight excluding hydrogens is 524 g/mol. The molecule has 3 aliphatic rings. The van der Waals surface area contributed by atoms with Crippen molar-refractivity contribution in [2.24, 2.45) is 23.3 Å². The van der Waals surface area contributed by atoms with Gasteiger partial charge in [-0.25, -0.2) is 0 Å². The number of rotatable bonds is 8. The number of aliphatic hydroxyl groups is 1. The highest BCUT2D eigenvalue weighted by Crippen LogP contribution is 2.40. The summed E-state index contributed by atoms with van der Waals surface area (Å²) in [5, 5.41) is 14.1. The van der Waals surface area contributed by atoms with Gasteiger partial charge in [-0.2, -0.15) is 0 Å². The molecular formula is C35H52N4O3. The average molecular weight is 577 g/mol. The van der Waals surface area contributed by atoms with Crippen molar-refractivity contribution in [1.29, 1.82) is 0 Å². The van der Waals surface area contributed by atoms with E-state index in [0.717, 1.165) is 31.2 Å². The van der Waals surface area contributed by atoms with Crippen molar-refractivity contribution in [2.75, 3.05) is 13.1 Å². The van der Waals surface area contributed by atoms with Gasteiger partial charge in [-0.3, -0.25) is 14.5 Å². The molecule has 0 radical (unpaired) electrons. The number of primary amides is 1. The Balaban J connectivity index is 0.000000377. The SMILES string of the molecule is CC(C)(C)NC(=O)[C@@H]1C[C@@H]2CCCC[C@]2(N)CN1C[C@@H](O)C[C@@H](Cc1ccccc1)C(N)=O.c1ccc2c(c1)CCC2. The van der Waals surface area contributed by atoms with Gasteiger partial charge in [0.2, 0.25) is 11.8 Å². The summed E-state index contributed by atoms with van der Waals surface area (Å²) in [6.07, 6.45) is 8.88. The third-order valence-corrected chi connectivity index (χ3v) is 9.24. The Labute approximate surface area is 252 Å². The van der Waals surface area contributed by atoms with Gasteiger partial charge in [0.1, 0.15) is 0 Å². The van der Waals surface area contributed by atoms with Crippen LogP contribution in [0.25, 0.3) is 0 Å². The van der Waals surface area contributed by atoms with Gasteiger partial charge in [-0.1, -0.05) is 67.4 Å². The van der Waals surface area contributed by atoms with Gasteiger partial charge >= 0.3 is 0 Å². The van der Waals surface area contributed by atoms with Gasteiger partial charge in [0.25, 0.3) is 0 Å². The maximum atomic E-state index is 13.2. The molecule has 0 spiro atoms. The van der Waals surface area contributed by atoms with E-state index in [-0.39, 0.29) is 29.4 Å². The van der Waals surface area contributed by atoms with E-state index in [1.165, 1.54) is 19.3 Å². The lowest BCUT2D eigenvalue weighted by Crippen LogP contribution is -2.67. The molecule has 42 heavy (non-hydrogen) atoms. The largest absolute Gasteiger partial charge is 0.392 e. The van der Waals surface area contributed by atoms with Crippen LogP contribution >= 0.6 is 0 Å². The topological polar surface area (TPSA) is 122 Å². The quantitative estimate of drug-likeness (QED) is 0.377. The number of carbonyl (C=O) groups excluding carboxylic acids is 2. The normalized spacial score (nSPS) is 25.3. The lowest BCUT2D eigenvalue weighted by molar-refractivity contribution is -0.133. The van der Waals surface area contributed by atoms with E-state index < -0.39 is 17.9 Å². The Hall–Kier alpha value is -2.74. The second-order valence-electron chi connectivity index (χ2n) is 13.9. The molecule has 2 fully saturated rings. The molecule has 1 saturated carbocycles. The second-order valence-corrected chi connectivity index (χ2v) is 13.9. The summed E-state index contributed by atoms with van der Waals surface area (Å²) < 4.78 is 0. The smallest absolute Gasteiger partial charge is 0.237 e. The molecule has 0 bridgehead atoms. The minimum absolute atomic E-state index is 0.0157. The standard InChI is InChI=1S/C26H42N4O3.C9H10/c1-25(2,3)29-24(33)22-15-20-11-7-8-12-26(20,28)17-30(22)16-21(31)14-19(23(27)32)13-18-9-5-4-6-10-18;1-2-5-9-7-3-6-8(9)4-1/h4-6,9-10,19-22,31H,7-8,11-17,28H2,1-3H3,(H2,27,32)(H,29,33);1-2,4-5H,3,6-7H2/t19-,20+,21+,22+,26+;/m1./s1. The number of carbonyl (C=O) groups is 2. The Morgan fingerprint density at radius 2 is 1.67 bits per heavy atom. The fourth-order valence-corrected chi connectivity index (χ4v) is 7.11. The van der Waals surface area contributed by atoms with Crippen LogP contribution in [0.5, 0.6) is 0 Å². The molecule has 5 atom stereocenters. The number of nitrogens with zero attached hydrogens (tertiary/aromatic N) is 1. The van der Waals surface area contributed by atoms with E-state index in [1.54, 1.807) is 11.1 Å². The fourth-order valence-electron chi connectivity index (χ4n) is 7.11. The number of amides is 2. The van der Waals surface area contributed by atoms with Gasteiger partial charge in [-0.05, 0) is 94.7 Å². The summed E-state index contributed by atoms with van der Waals surface area (Å²) in [5.41, 5.74) is 16.0. The molecule has 2 aliphatic carbocycles. The first-order chi connectivity index (χ1) is 19.9. The highest BCUT2D eigenvalue weighted by molar-refractivity contribution is 5.82. The minimum Gasteiger partial charge on any atom is -0.392 e. The molecule has 5 rings (SSSR count). The van der Waals surface area contributed by atoms with Crippen LogP contribution < -0.4 is 16.8 Å². The van der Waals surface area contributed by atoms with E-state index in [4.69, 9.17) is 11.5 Å². The van der Waals surface area contributed by atoms with E-state index in [0.29, 0.717) is 31.8 Å². The molecule has 1 saturated heterocycles. The number of likely N-dealkylation sites (tertiary alicyclic amines) is 1. The van der Waals surface area contributed by atoms with Crippen LogP contribution in [-0.2, 0) is 28.9 Å². The third kappa shape index (κ3) is 8.88. The van der Waals surface area contributed by atoms with E-state index in [2.05, 4.69) is 29.6 Å². The van der Waals surface area contributed by atoms with Crippen LogP contribution in [0.4, 0.5) is 0 Å². The molecule has 0 aromatic heterocycles. The molecule has 2 aromatic rings. The number of hydrogen-bond donors (Lipinski definition) is 4. The highest BCUT2D eigenvalue weighted by Gasteiger charge is 2.48. The zero-order valence-electron chi connectivity index (χ0n) is 25.9. The van der Waals surface area contributed by atoms with Crippen LogP contribution in [0.1, 0.15) is 82.4 Å². The number of nitrogens with two attached hydrogens (primary N) is 2. The van der Waals surface area contributed by atoms with Crippen molar-refractivity contribution in [2.45, 2.75) is 108 Å². The molecule has 7 nitrogen and oxygen atoms in total. The van der Waals surface area contributed by atoms with Crippen LogP contribution in [0.15, 0.2) is 54.6 Å². The van der Waals surface area contributed by atoms with E-state index in [9.17, 15) is 14.7 Å². The minimum atomic E-state index is -0.778. The van der Waals surface area contributed by atoms with Crippen molar-refractivity contribution in [3.05, 3.63) is 71.3 Å². The van der Waals surface area contributed by atoms with Crippen molar-refractivity contribution in [3.63, 3.8) is 0 Å². The summed E-state index contributed by atoms with van der Waals surface area (Å²) in [5.74, 6) is -0.589. The van der Waals surface area contributed by atoms with Crippen molar-refractivity contribution in [1.82, 2.24) is 10.2 Å². The number of aliphatic hydroxyl groups excluding tert-OH is 1. The first kappa shape index (κ1) is 32.2. The monoisotopic (exact) mass is 576 g/mol. The maximum Gasteiger partial charge on any atom is 0.237 e. The fraction of sp³-hybridized carbons (Fsp3) is 0.600. The van der Waals surface area contributed by atoms with Crippen LogP contribution in [0.3, 0.4) is 0 Å². The summed E-state index contributed by atoms with van der Waals surface area (Å²) >= 11 is 0. The molecule has 6 N–H and O–H groups in total. The number of benzene rings is 2. The van der Waals surface area contributed by atoms with Gasteiger partial charge in [0.15, 0.2) is 0 Å². The molecule has 230 valence electrons. The van der Waals surface area contributed by atoms with E-state index in [1.807, 2.05) is 56.0 Å². The third-order valence-electron chi connectivity index (χ3n) is 9.24. The molecule has 2 aromatic carbocycles. The number of piperidine rings is 1. The summed E-state index contributed by atoms with van der Waals surface area (Å²) in [6.45, 7) is 6.80. The predicted molar refractivity (Wildman–Crippen MR) is 169 cm³/mol. The Kier molecular flexibility index (Phi) is 10.8. The molecule has 1 heterocycles. The number of nitrogens with one attached hydrogen (secondary N) is 1. The van der Waals surface area contributed by atoms with Crippen LogP contribution in [-0.4, -0.2) is 58.1 Å². The molecule has 2 amide bonds. The van der Waals surface area contributed by atoms with E-state index >= 15 is 0 Å². The lowest BCUT2D eigenvalue weighted by atomic mass is 9.67. The maximum absolute atomic E-state index is 13.2. The van der Waals surface area contributed by atoms with Crippen LogP contribution in [0, 0.1) is 11.8 Å². The van der Waals surface area contributed by atoms with Crippen molar-refractivity contribution in [3.8, 4) is 0 Å². The number of β-amino-alcohol motifs (C(OH)–C–C–N with tert-alkyl or cyclic N) is 1. The van der Waals surface area contributed by atoms with Gasteiger partial charge in [-0.15, -0.1) is 0 Å². The Morgan fingerprint density at radius 1 is 1.02 bits per heavy atom. The summed E-state index contributed by atoms with van der Waals surface area (Å²) in [7, 11) is 0. The average Bonchev–Trinajstić information content (AvgIpc) is 3.41. The van der Waals surface area contributed by atoms with Gasteiger partial charge in [0.05, 0.1) is 12.1 Å².